The van der Waals surface area contributed by atoms with Crippen LogP contribution in [0.25, 0.3) is 6.08 Å². The average molecular weight is 542 g/mol. The lowest BCUT2D eigenvalue weighted by Gasteiger charge is -2.12. The van der Waals surface area contributed by atoms with E-state index in [1.54, 1.807) is 55.6 Å². The Morgan fingerprint density at radius 2 is 1.82 bits per heavy atom. The predicted octanol–water partition coefficient (Wildman–Crippen LogP) is 6.63. The van der Waals surface area contributed by atoms with Gasteiger partial charge in [-0.1, -0.05) is 23.7 Å². The number of carbonyl (C=O) groups excluding carboxylic acids is 1. The van der Waals surface area contributed by atoms with Gasteiger partial charge in [0.25, 0.3) is 5.91 Å². The Kier molecular flexibility index (Phi) is 8.97. The maximum absolute atomic E-state index is 12.7. The molecule has 0 unspecified atom stereocenters. The number of anilines is 1. The van der Waals surface area contributed by atoms with Crippen molar-refractivity contribution in [2.24, 2.45) is 0 Å². The van der Waals surface area contributed by atoms with Crippen LogP contribution in [0.15, 0.2) is 70.7 Å². The van der Waals surface area contributed by atoms with Gasteiger partial charge in [0.15, 0.2) is 11.5 Å². The first-order valence-electron chi connectivity index (χ1n) is 10.3. The number of hydrogen-bond acceptors (Lipinski definition) is 5. The minimum Gasteiger partial charge on any atom is -0.492 e. The second-order valence-electron chi connectivity index (χ2n) is 7.03. The number of nitrogens with zero attached hydrogens (tertiary/aromatic N) is 1. The number of methoxy groups -OCH3 is 1. The number of halogens is 2. The molecule has 174 valence electrons. The number of benzene rings is 3. The zero-order chi connectivity index (χ0) is 24.5. The third-order valence-corrected chi connectivity index (χ3v) is 5.48. The molecule has 0 aromatic heterocycles. The van der Waals surface area contributed by atoms with Crippen molar-refractivity contribution in [1.82, 2.24) is 0 Å². The summed E-state index contributed by atoms with van der Waals surface area (Å²) in [5, 5.41) is 12.9. The van der Waals surface area contributed by atoms with Crippen molar-refractivity contribution < 1.29 is 19.0 Å². The van der Waals surface area contributed by atoms with Gasteiger partial charge in [-0.05, 0) is 88.6 Å². The monoisotopic (exact) mass is 540 g/mol. The largest absolute Gasteiger partial charge is 0.492 e. The topological polar surface area (TPSA) is 80.6 Å². The van der Waals surface area contributed by atoms with Crippen LogP contribution in [0.5, 0.6) is 17.2 Å². The molecule has 0 fully saturated rings. The van der Waals surface area contributed by atoms with Crippen LogP contribution in [-0.4, -0.2) is 19.6 Å². The van der Waals surface area contributed by atoms with Crippen LogP contribution < -0.4 is 19.5 Å². The first-order valence-corrected chi connectivity index (χ1v) is 11.5. The Morgan fingerprint density at radius 1 is 1.12 bits per heavy atom. The van der Waals surface area contributed by atoms with E-state index in [0.717, 1.165) is 5.56 Å². The Hall–Kier alpha value is -3.47. The zero-order valence-electron chi connectivity index (χ0n) is 18.6. The van der Waals surface area contributed by atoms with E-state index >= 15 is 0 Å². The SMILES string of the molecule is CCOc1cc(/C=C(\C#N)C(=O)Nc2ccc(OCc3ccc(Cl)cc3)cc2)cc(Br)c1OC. The number of rotatable bonds is 9. The highest BCUT2D eigenvalue weighted by molar-refractivity contribution is 9.10. The normalized spacial score (nSPS) is 10.9. The van der Waals surface area contributed by atoms with E-state index in [4.69, 9.17) is 25.8 Å². The Bertz CT molecular complexity index is 1220. The van der Waals surface area contributed by atoms with Crippen LogP contribution in [0, 0.1) is 11.3 Å². The molecule has 8 heteroatoms. The molecule has 0 aliphatic rings. The van der Waals surface area contributed by atoms with E-state index in [1.807, 2.05) is 25.1 Å². The van der Waals surface area contributed by atoms with Gasteiger partial charge in [0.2, 0.25) is 0 Å². The number of carbonyl (C=O) groups is 1. The molecule has 0 saturated heterocycles. The molecule has 0 atom stereocenters. The lowest BCUT2D eigenvalue weighted by Crippen LogP contribution is -2.13. The van der Waals surface area contributed by atoms with Crippen LogP contribution in [0.3, 0.4) is 0 Å². The third-order valence-electron chi connectivity index (χ3n) is 4.64. The van der Waals surface area contributed by atoms with E-state index < -0.39 is 5.91 Å². The molecule has 0 aliphatic carbocycles. The maximum Gasteiger partial charge on any atom is 0.266 e. The van der Waals surface area contributed by atoms with Gasteiger partial charge in [-0.2, -0.15) is 5.26 Å². The quantitative estimate of drug-likeness (QED) is 0.243. The summed E-state index contributed by atoms with van der Waals surface area (Å²) >= 11 is 9.33. The van der Waals surface area contributed by atoms with Crippen molar-refractivity contribution in [2.45, 2.75) is 13.5 Å². The fraction of sp³-hybridized carbons (Fsp3) is 0.154. The minimum atomic E-state index is -0.526. The average Bonchev–Trinajstić information content (AvgIpc) is 2.83. The Morgan fingerprint density at radius 3 is 2.44 bits per heavy atom. The summed E-state index contributed by atoms with van der Waals surface area (Å²) in [5.41, 5.74) is 2.09. The Balaban J connectivity index is 1.68. The van der Waals surface area contributed by atoms with E-state index in [-0.39, 0.29) is 5.57 Å². The van der Waals surface area contributed by atoms with Gasteiger partial charge in [-0.3, -0.25) is 4.79 Å². The molecule has 0 radical (unpaired) electrons. The van der Waals surface area contributed by atoms with E-state index in [9.17, 15) is 10.1 Å². The summed E-state index contributed by atoms with van der Waals surface area (Å²) in [6.07, 6.45) is 1.49. The zero-order valence-corrected chi connectivity index (χ0v) is 20.9. The molecule has 3 aromatic carbocycles. The van der Waals surface area contributed by atoms with E-state index in [0.29, 0.717) is 51.2 Å². The lowest BCUT2D eigenvalue weighted by molar-refractivity contribution is -0.112. The van der Waals surface area contributed by atoms with Crippen LogP contribution in [0.4, 0.5) is 5.69 Å². The first kappa shape index (κ1) is 25.2. The van der Waals surface area contributed by atoms with Gasteiger partial charge in [0.1, 0.15) is 24.0 Å². The lowest BCUT2D eigenvalue weighted by atomic mass is 10.1. The highest BCUT2D eigenvalue weighted by atomic mass is 79.9. The van der Waals surface area contributed by atoms with Crippen molar-refractivity contribution >= 4 is 45.2 Å². The molecule has 0 aliphatic heterocycles. The van der Waals surface area contributed by atoms with Gasteiger partial charge in [0, 0.05) is 10.7 Å². The summed E-state index contributed by atoms with van der Waals surface area (Å²) in [4.78, 5) is 12.7. The van der Waals surface area contributed by atoms with Crippen molar-refractivity contribution in [3.63, 3.8) is 0 Å². The molecule has 3 aromatic rings. The van der Waals surface area contributed by atoms with E-state index in [1.165, 1.54) is 6.08 Å². The fourth-order valence-corrected chi connectivity index (χ4v) is 3.78. The molecular weight excluding hydrogens is 520 g/mol. The van der Waals surface area contributed by atoms with Crippen LogP contribution in [-0.2, 0) is 11.4 Å². The summed E-state index contributed by atoms with van der Waals surface area (Å²) in [6.45, 7) is 2.70. The number of hydrogen-bond donors (Lipinski definition) is 1. The standard InChI is InChI=1S/C26H22BrClN2O4/c1-3-33-24-14-18(13-23(27)25(24)32-2)12-19(15-29)26(31)30-21-8-10-22(11-9-21)34-16-17-4-6-20(28)7-5-17/h4-14H,3,16H2,1-2H3,(H,30,31)/b19-12+. The number of amides is 1. The number of nitrogens with one attached hydrogen (secondary N) is 1. The van der Waals surface area contributed by atoms with Crippen LogP contribution >= 0.6 is 27.5 Å². The van der Waals surface area contributed by atoms with Gasteiger partial charge >= 0.3 is 0 Å². The van der Waals surface area contributed by atoms with Gasteiger partial charge in [-0.15, -0.1) is 0 Å². The molecule has 0 heterocycles. The molecule has 0 saturated carbocycles. The molecule has 34 heavy (non-hydrogen) atoms. The number of nitriles is 1. The second kappa shape index (κ2) is 12.1. The van der Waals surface area contributed by atoms with Gasteiger partial charge in [-0.25, -0.2) is 0 Å². The predicted molar refractivity (Wildman–Crippen MR) is 136 cm³/mol. The van der Waals surface area contributed by atoms with Crippen molar-refractivity contribution in [2.75, 3.05) is 19.0 Å². The summed E-state index contributed by atoms with van der Waals surface area (Å²) in [6, 6.07) is 19.7. The molecule has 3 rings (SSSR count). The summed E-state index contributed by atoms with van der Waals surface area (Å²) < 4.78 is 17.4. The fourth-order valence-electron chi connectivity index (χ4n) is 3.03. The molecule has 1 N–H and O–H groups in total. The van der Waals surface area contributed by atoms with Crippen molar-refractivity contribution in [1.29, 1.82) is 5.26 Å². The highest BCUT2D eigenvalue weighted by Crippen LogP contribution is 2.37. The summed E-state index contributed by atoms with van der Waals surface area (Å²) in [5.74, 6) is 1.18. The van der Waals surface area contributed by atoms with Crippen molar-refractivity contribution in [3.05, 3.63) is 86.9 Å². The van der Waals surface area contributed by atoms with Crippen LogP contribution in [0.2, 0.25) is 5.02 Å². The number of ether oxygens (including phenoxy) is 3. The first-order chi connectivity index (χ1) is 16.4. The van der Waals surface area contributed by atoms with Crippen molar-refractivity contribution in [3.8, 4) is 23.3 Å². The van der Waals surface area contributed by atoms with Gasteiger partial charge < -0.3 is 19.5 Å². The summed E-state index contributed by atoms with van der Waals surface area (Å²) in [7, 11) is 1.54. The second-order valence-corrected chi connectivity index (χ2v) is 8.32. The molecule has 0 spiro atoms. The highest BCUT2D eigenvalue weighted by Gasteiger charge is 2.14. The molecule has 0 bridgehead atoms. The molecule has 1 amide bonds. The van der Waals surface area contributed by atoms with Gasteiger partial charge in [0.05, 0.1) is 18.2 Å². The maximum atomic E-state index is 12.7. The smallest absolute Gasteiger partial charge is 0.266 e. The Labute approximate surface area is 211 Å². The third kappa shape index (κ3) is 6.77. The van der Waals surface area contributed by atoms with Crippen LogP contribution in [0.1, 0.15) is 18.1 Å². The molecule has 6 nitrogen and oxygen atoms in total. The molecular formula is C26H22BrClN2O4. The van der Waals surface area contributed by atoms with E-state index in [2.05, 4.69) is 21.2 Å². The minimum absolute atomic E-state index is 0.0532.